The van der Waals surface area contributed by atoms with E-state index in [0.717, 1.165) is 45.8 Å². The summed E-state index contributed by atoms with van der Waals surface area (Å²) in [6.45, 7) is 0. The number of rotatable bonds is 7. The van der Waals surface area contributed by atoms with Crippen LogP contribution >= 0.6 is 0 Å². The molecule has 1 atom stereocenters. The van der Waals surface area contributed by atoms with Crippen LogP contribution < -0.4 is 0 Å². The van der Waals surface area contributed by atoms with Crippen molar-refractivity contribution in [3.8, 4) is 51.0 Å². The summed E-state index contributed by atoms with van der Waals surface area (Å²) >= 11 is 0. The predicted molar refractivity (Wildman–Crippen MR) is 213 cm³/mol. The summed E-state index contributed by atoms with van der Waals surface area (Å²) in [5.41, 5.74) is 13.3. The Morgan fingerprint density at radius 3 is 1.79 bits per heavy atom. The molecule has 0 radical (unpaired) electrons. The second-order valence-corrected chi connectivity index (χ2v) is 13.5. The van der Waals surface area contributed by atoms with Crippen molar-refractivity contribution in [2.24, 2.45) is 0 Å². The van der Waals surface area contributed by atoms with Crippen molar-refractivity contribution in [3.05, 3.63) is 193 Å². The molecule has 9 aromatic rings. The summed E-state index contributed by atoms with van der Waals surface area (Å²) in [5.74, 6) is 2.23. The van der Waals surface area contributed by atoms with Gasteiger partial charge >= 0.3 is 0 Å². The molecule has 10 rings (SSSR count). The zero-order chi connectivity index (χ0) is 34.4. The number of hydrogen-bond donors (Lipinski definition) is 0. The van der Waals surface area contributed by atoms with Gasteiger partial charge in [-0.15, -0.1) is 0 Å². The molecular weight excluding hydrogens is 633 g/mol. The highest BCUT2D eigenvalue weighted by atomic mass is 15.2. The summed E-state index contributed by atoms with van der Waals surface area (Å²) in [5, 5.41) is 2.33. The maximum absolute atomic E-state index is 5.16. The number of hydrogen-bond acceptors (Lipinski definition) is 3. The molecule has 0 saturated carbocycles. The smallest absolute Gasteiger partial charge is 0.238 e. The van der Waals surface area contributed by atoms with Crippen LogP contribution in [0.1, 0.15) is 29.0 Å². The van der Waals surface area contributed by atoms with Gasteiger partial charge in [0.05, 0.1) is 11.0 Å². The average Bonchev–Trinajstić information content (AvgIpc) is 3.73. The summed E-state index contributed by atoms with van der Waals surface area (Å²) in [7, 11) is 0. The van der Waals surface area contributed by atoms with E-state index in [0.29, 0.717) is 23.5 Å². The van der Waals surface area contributed by atoms with Gasteiger partial charge in [0.15, 0.2) is 11.6 Å². The fourth-order valence-corrected chi connectivity index (χ4v) is 8.12. The van der Waals surface area contributed by atoms with Gasteiger partial charge in [0.2, 0.25) is 5.95 Å². The standard InChI is InChI=1S/C48H34N4/c1-4-15-32(16-5-1)27-29-38-37-21-10-11-23-41(37)45-36(24-14-25-42(38)45)35-28-30-40-39-22-12-13-26-43(39)52(44(40)31-35)48-50-46(33-17-6-2-7-18-33)49-47(51-48)34-19-8-3-9-20-34/h1-26,28,30-31,38H,27,29H2. The largest absolute Gasteiger partial charge is 0.278 e. The van der Waals surface area contributed by atoms with Crippen LogP contribution in [0.4, 0.5) is 0 Å². The van der Waals surface area contributed by atoms with Crippen molar-refractivity contribution in [3.63, 3.8) is 0 Å². The lowest BCUT2D eigenvalue weighted by molar-refractivity contribution is 0.729. The molecule has 2 heterocycles. The zero-order valence-corrected chi connectivity index (χ0v) is 28.5. The fourth-order valence-electron chi connectivity index (χ4n) is 8.12. The van der Waals surface area contributed by atoms with Crippen LogP contribution in [0.15, 0.2) is 176 Å². The van der Waals surface area contributed by atoms with Gasteiger partial charge in [-0.2, -0.15) is 9.97 Å². The predicted octanol–water partition coefficient (Wildman–Crippen LogP) is 11.7. The van der Waals surface area contributed by atoms with Gasteiger partial charge in [0.1, 0.15) is 0 Å². The highest BCUT2D eigenvalue weighted by Gasteiger charge is 2.30. The van der Waals surface area contributed by atoms with Crippen molar-refractivity contribution in [2.45, 2.75) is 18.8 Å². The van der Waals surface area contributed by atoms with Gasteiger partial charge in [-0.05, 0) is 63.9 Å². The lowest BCUT2D eigenvalue weighted by Crippen LogP contribution is -2.06. The molecule has 4 heteroatoms. The minimum absolute atomic E-state index is 0.347. The Balaban J connectivity index is 1.17. The number of fused-ring (bicyclic) bond motifs is 6. The molecular formula is C48H34N4. The quantitative estimate of drug-likeness (QED) is 0.170. The minimum Gasteiger partial charge on any atom is -0.278 e. The first kappa shape index (κ1) is 30.2. The van der Waals surface area contributed by atoms with Crippen LogP contribution in [0.3, 0.4) is 0 Å². The van der Waals surface area contributed by atoms with E-state index in [9.17, 15) is 0 Å². The van der Waals surface area contributed by atoms with Gasteiger partial charge in [-0.3, -0.25) is 4.57 Å². The third-order valence-corrected chi connectivity index (χ3v) is 10.5. The molecule has 1 aliphatic rings. The van der Waals surface area contributed by atoms with Crippen molar-refractivity contribution >= 4 is 21.8 Å². The lowest BCUT2D eigenvalue weighted by atomic mass is 9.89. The zero-order valence-electron chi connectivity index (χ0n) is 28.5. The third-order valence-electron chi connectivity index (χ3n) is 10.5. The van der Waals surface area contributed by atoms with E-state index in [-0.39, 0.29) is 0 Å². The van der Waals surface area contributed by atoms with Gasteiger partial charge in [0, 0.05) is 27.8 Å². The Labute approximate surface area is 302 Å². The molecule has 7 aromatic carbocycles. The topological polar surface area (TPSA) is 43.6 Å². The van der Waals surface area contributed by atoms with Crippen molar-refractivity contribution in [1.29, 1.82) is 0 Å². The van der Waals surface area contributed by atoms with Gasteiger partial charge in [0.25, 0.3) is 0 Å². The Kier molecular flexibility index (Phi) is 7.31. The number of nitrogens with zero attached hydrogens (tertiary/aromatic N) is 4. The molecule has 1 unspecified atom stereocenters. The molecule has 0 fully saturated rings. The Morgan fingerprint density at radius 1 is 0.442 bits per heavy atom. The average molecular weight is 667 g/mol. The second-order valence-electron chi connectivity index (χ2n) is 13.5. The highest BCUT2D eigenvalue weighted by molar-refractivity contribution is 6.10. The lowest BCUT2D eigenvalue weighted by Gasteiger charge is -2.15. The summed E-state index contributed by atoms with van der Waals surface area (Å²) in [6, 6.07) is 62.5. The molecule has 4 nitrogen and oxygen atoms in total. The van der Waals surface area contributed by atoms with Crippen LogP contribution in [0.25, 0.3) is 72.8 Å². The Morgan fingerprint density at radius 2 is 1.04 bits per heavy atom. The van der Waals surface area contributed by atoms with Crippen LogP contribution in [0.2, 0.25) is 0 Å². The molecule has 0 spiro atoms. The first-order valence-electron chi connectivity index (χ1n) is 18.0. The fraction of sp³-hybridized carbons (Fsp3) is 0.0625. The van der Waals surface area contributed by atoms with E-state index < -0.39 is 0 Å². The SMILES string of the molecule is c1ccc(CCC2c3ccccc3-c3c(-c4ccc5c6ccccc6n(-c6nc(-c7ccccc7)nc(-c7ccccc7)n6)c5c4)cccc32)cc1. The van der Waals surface area contributed by atoms with Crippen LogP contribution in [-0.2, 0) is 6.42 Å². The molecule has 0 amide bonds. The molecule has 0 N–H and O–H groups in total. The highest BCUT2D eigenvalue weighted by Crippen LogP contribution is 2.51. The molecule has 52 heavy (non-hydrogen) atoms. The second kappa shape index (κ2) is 12.6. The van der Waals surface area contributed by atoms with Gasteiger partial charge in [-0.25, -0.2) is 4.98 Å². The number of benzene rings is 7. The number of aromatic nitrogens is 4. The Bertz CT molecular complexity index is 2680. The Hall–Kier alpha value is -6.65. The van der Waals surface area contributed by atoms with E-state index in [1.807, 2.05) is 36.4 Å². The van der Waals surface area contributed by atoms with E-state index in [1.54, 1.807) is 0 Å². The molecule has 0 bridgehead atoms. The van der Waals surface area contributed by atoms with Crippen molar-refractivity contribution < 1.29 is 0 Å². The van der Waals surface area contributed by atoms with Crippen LogP contribution in [0, 0.1) is 0 Å². The van der Waals surface area contributed by atoms with E-state index in [1.165, 1.54) is 38.9 Å². The molecule has 0 aliphatic heterocycles. The number of aryl methyl sites for hydroxylation is 1. The molecule has 246 valence electrons. The molecule has 2 aromatic heterocycles. The van der Waals surface area contributed by atoms with E-state index >= 15 is 0 Å². The van der Waals surface area contributed by atoms with Gasteiger partial charge < -0.3 is 0 Å². The van der Waals surface area contributed by atoms with Crippen molar-refractivity contribution in [1.82, 2.24) is 19.5 Å². The summed E-state index contributed by atoms with van der Waals surface area (Å²) < 4.78 is 2.22. The first-order valence-corrected chi connectivity index (χ1v) is 18.0. The summed E-state index contributed by atoms with van der Waals surface area (Å²) in [4.78, 5) is 15.3. The van der Waals surface area contributed by atoms with Crippen LogP contribution in [-0.4, -0.2) is 19.5 Å². The van der Waals surface area contributed by atoms with E-state index in [4.69, 9.17) is 15.0 Å². The molecule has 1 aliphatic carbocycles. The molecule has 0 saturated heterocycles. The maximum Gasteiger partial charge on any atom is 0.238 e. The van der Waals surface area contributed by atoms with Gasteiger partial charge in [-0.1, -0.05) is 164 Å². The summed E-state index contributed by atoms with van der Waals surface area (Å²) in [6.07, 6.45) is 2.11. The monoisotopic (exact) mass is 666 g/mol. The normalized spacial score (nSPS) is 13.3. The first-order chi connectivity index (χ1) is 25.8. The van der Waals surface area contributed by atoms with Crippen molar-refractivity contribution in [2.75, 3.05) is 0 Å². The van der Waals surface area contributed by atoms with Crippen LogP contribution in [0.5, 0.6) is 0 Å². The maximum atomic E-state index is 5.16. The van der Waals surface area contributed by atoms with E-state index in [2.05, 4.69) is 144 Å². The number of para-hydroxylation sites is 1. The minimum atomic E-state index is 0.347. The third kappa shape index (κ3) is 5.11.